The van der Waals surface area contributed by atoms with Gasteiger partial charge in [-0.25, -0.2) is 5.43 Å². The summed E-state index contributed by atoms with van der Waals surface area (Å²) in [7, 11) is 0. The van der Waals surface area contributed by atoms with Crippen LogP contribution in [-0.2, 0) is 11.2 Å². The van der Waals surface area contributed by atoms with Gasteiger partial charge in [0.2, 0.25) is 5.91 Å². The van der Waals surface area contributed by atoms with E-state index in [1.54, 1.807) is 0 Å². The molecule has 0 aliphatic heterocycles. The summed E-state index contributed by atoms with van der Waals surface area (Å²) in [5.41, 5.74) is 3.41. The summed E-state index contributed by atoms with van der Waals surface area (Å²) >= 11 is 0. The molecule has 2 rings (SSSR count). The van der Waals surface area contributed by atoms with Crippen molar-refractivity contribution >= 4 is 17.8 Å². The maximum atomic E-state index is 11.7. The van der Waals surface area contributed by atoms with Crippen molar-refractivity contribution < 1.29 is 14.8 Å². The van der Waals surface area contributed by atoms with Gasteiger partial charge in [-0.3, -0.25) is 14.9 Å². The monoisotopic (exact) mass is 313 g/mol. The lowest BCUT2D eigenvalue weighted by Crippen LogP contribution is -2.17. The van der Waals surface area contributed by atoms with E-state index in [0.29, 0.717) is 12.0 Å². The van der Waals surface area contributed by atoms with Crippen LogP contribution in [-0.4, -0.2) is 22.2 Å². The Morgan fingerprint density at radius 2 is 2.00 bits per heavy atom. The van der Waals surface area contributed by atoms with Crippen molar-refractivity contribution in [3.63, 3.8) is 0 Å². The van der Waals surface area contributed by atoms with E-state index in [2.05, 4.69) is 10.5 Å². The Hall–Kier alpha value is -3.22. The van der Waals surface area contributed by atoms with E-state index >= 15 is 0 Å². The van der Waals surface area contributed by atoms with Crippen LogP contribution >= 0.6 is 0 Å². The summed E-state index contributed by atoms with van der Waals surface area (Å²) in [4.78, 5) is 21.7. The van der Waals surface area contributed by atoms with Crippen LogP contribution in [0.3, 0.4) is 0 Å². The van der Waals surface area contributed by atoms with Gasteiger partial charge in [-0.15, -0.1) is 0 Å². The molecular weight excluding hydrogens is 298 g/mol. The summed E-state index contributed by atoms with van der Waals surface area (Å²) in [6.07, 6.45) is 2.18. The fourth-order valence-corrected chi connectivity index (χ4v) is 1.90. The van der Waals surface area contributed by atoms with E-state index in [9.17, 15) is 20.0 Å². The maximum absolute atomic E-state index is 11.7. The van der Waals surface area contributed by atoms with Gasteiger partial charge in [-0.05, 0) is 24.1 Å². The van der Waals surface area contributed by atoms with Gasteiger partial charge in [-0.2, -0.15) is 5.10 Å². The minimum atomic E-state index is -0.689. The number of carbonyl (C=O) groups excluding carboxylic acids is 1. The number of nitrogens with zero attached hydrogens (tertiary/aromatic N) is 2. The number of benzene rings is 2. The number of carbonyl (C=O) groups is 1. The third-order valence-corrected chi connectivity index (χ3v) is 3.08. The molecule has 2 N–H and O–H groups in total. The van der Waals surface area contributed by atoms with Crippen LogP contribution in [0.15, 0.2) is 53.6 Å². The van der Waals surface area contributed by atoms with Crippen LogP contribution in [0, 0.1) is 10.1 Å². The zero-order valence-corrected chi connectivity index (χ0v) is 12.2. The molecule has 0 fully saturated rings. The van der Waals surface area contributed by atoms with Crippen LogP contribution in [0.25, 0.3) is 0 Å². The summed E-state index contributed by atoms with van der Waals surface area (Å²) in [6.45, 7) is 0. The van der Waals surface area contributed by atoms with Crippen LogP contribution in [0.4, 0.5) is 5.69 Å². The minimum absolute atomic E-state index is 0.251. The first kappa shape index (κ1) is 16.2. The number of nitrogens with one attached hydrogen (secondary N) is 1. The number of amides is 1. The smallest absolute Gasteiger partial charge is 0.311 e. The minimum Gasteiger partial charge on any atom is -0.502 e. The van der Waals surface area contributed by atoms with E-state index in [4.69, 9.17) is 0 Å². The first-order chi connectivity index (χ1) is 11.1. The van der Waals surface area contributed by atoms with E-state index in [1.807, 2.05) is 30.3 Å². The molecule has 7 nitrogen and oxygen atoms in total. The number of nitro groups is 1. The van der Waals surface area contributed by atoms with Crippen LogP contribution in [0.5, 0.6) is 5.75 Å². The Bertz CT molecular complexity index is 729. The number of phenolic OH excluding ortho intramolecular Hbond substituents is 1. The predicted molar refractivity (Wildman–Crippen MR) is 85.3 cm³/mol. The first-order valence-electron chi connectivity index (χ1n) is 6.89. The fraction of sp³-hybridized carbons (Fsp3) is 0.125. The SMILES string of the molecule is O=C(CCc1ccccc1)N/N=C\c1ccc(O)c([N+](=O)[O-])c1. The summed E-state index contributed by atoms with van der Waals surface area (Å²) in [6, 6.07) is 13.4. The lowest BCUT2D eigenvalue weighted by atomic mass is 10.1. The Balaban J connectivity index is 1.87. The number of phenols is 1. The standard InChI is InChI=1S/C16H15N3O4/c20-15-8-6-13(10-14(15)19(22)23)11-17-18-16(21)9-7-12-4-2-1-3-5-12/h1-6,8,10-11,20H,7,9H2,(H,18,21)/b17-11-. The number of rotatable bonds is 6. The van der Waals surface area contributed by atoms with Gasteiger partial charge in [0.05, 0.1) is 11.1 Å². The van der Waals surface area contributed by atoms with Crippen molar-refractivity contribution in [3.05, 3.63) is 69.8 Å². The molecule has 0 atom stereocenters. The van der Waals surface area contributed by atoms with Crippen LogP contribution in [0.2, 0.25) is 0 Å². The molecule has 7 heteroatoms. The Morgan fingerprint density at radius 1 is 1.26 bits per heavy atom. The summed E-state index contributed by atoms with van der Waals surface area (Å²) in [5, 5.41) is 23.8. The van der Waals surface area contributed by atoms with Crippen molar-refractivity contribution in [1.29, 1.82) is 0 Å². The summed E-state index contributed by atoms with van der Waals surface area (Å²) < 4.78 is 0. The van der Waals surface area contributed by atoms with Crippen molar-refractivity contribution in [1.82, 2.24) is 5.43 Å². The highest BCUT2D eigenvalue weighted by molar-refractivity contribution is 5.83. The average Bonchev–Trinajstić information content (AvgIpc) is 2.55. The van der Waals surface area contributed by atoms with Gasteiger partial charge in [0.25, 0.3) is 0 Å². The highest BCUT2D eigenvalue weighted by atomic mass is 16.6. The topological polar surface area (TPSA) is 105 Å². The lowest BCUT2D eigenvalue weighted by molar-refractivity contribution is -0.385. The third-order valence-electron chi connectivity index (χ3n) is 3.08. The van der Waals surface area contributed by atoms with Crippen molar-refractivity contribution in [2.45, 2.75) is 12.8 Å². The second-order valence-corrected chi connectivity index (χ2v) is 4.78. The highest BCUT2D eigenvalue weighted by Crippen LogP contribution is 2.25. The van der Waals surface area contributed by atoms with Crippen molar-refractivity contribution in [3.8, 4) is 5.75 Å². The zero-order chi connectivity index (χ0) is 16.7. The van der Waals surface area contributed by atoms with Crippen LogP contribution in [0.1, 0.15) is 17.5 Å². The molecule has 0 aromatic heterocycles. The van der Waals surface area contributed by atoms with Gasteiger partial charge >= 0.3 is 5.69 Å². The quantitative estimate of drug-likeness (QED) is 0.485. The molecule has 0 aliphatic rings. The van der Waals surface area contributed by atoms with Gasteiger partial charge in [0.1, 0.15) is 0 Å². The zero-order valence-electron chi connectivity index (χ0n) is 12.2. The number of aryl methyl sites for hydroxylation is 1. The molecule has 2 aromatic rings. The number of nitro benzene ring substituents is 1. The first-order valence-corrected chi connectivity index (χ1v) is 6.89. The number of hydrogen-bond donors (Lipinski definition) is 2. The summed E-state index contributed by atoms with van der Waals surface area (Å²) in [5.74, 6) is -0.669. The molecule has 0 saturated carbocycles. The molecule has 0 bridgehead atoms. The largest absolute Gasteiger partial charge is 0.502 e. The van der Waals surface area contributed by atoms with Crippen LogP contribution < -0.4 is 5.43 Å². The molecule has 118 valence electrons. The molecule has 0 unspecified atom stereocenters. The van der Waals surface area contributed by atoms with E-state index in [0.717, 1.165) is 5.56 Å². The molecule has 23 heavy (non-hydrogen) atoms. The maximum Gasteiger partial charge on any atom is 0.311 e. The molecule has 0 aliphatic carbocycles. The van der Waals surface area contributed by atoms with Crippen molar-refractivity contribution in [2.75, 3.05) is 0 Å². The van der Waals surface area contributed by atoms with Gasteiger partial charge < -0.3 is 5.11 Å². The predicted octanol–water partition coefficient (Wildman–Crippen LogP) is 2.38. The van der Waals surface area contributed by atoms with Gasteiger partial charge in [-0.1, -0.05) is 30.3 Å². The molecular formula is C16H15N3O4. The average molecular weight is 313 g/mol. The molecule has 0 saturated heterocycles. The Morgan fingerprint density at radius 3 is 2.70 bits per heavy atom. The third kappa shape index (κ3) is 4.92. The number of hydrogen-bond acceptors (Lipinski definition) is 5. The second kappa shape index (κ2) is 7.69. The van der Waals surface area contributed by atoms with Gasteiger partial charge in [0.15, 0.2) is 5.75 Å². The van der Waals surface area contributed by atoms with E-state index in [-0.39, 0.29) is 12.3 Å². The fourth-order valence-electron chi connectivity index (χ4n) is 1.90. The number of hydrazone groups is 1. The van der Waals surface area contributed by atoms with E-state index < -0.39 is 16.4 Å². The normalized spacial score (nSPS) is 10.6. The Kier molecular flexibility index (Phi) is 5.40. The molecule has 2 aromatic carbocycles. The van der Waals surface area contributed by atoms with Crippen molar-refractivity contribution in [2.24, 2.45) is 5.10 Å². The molecule has 0 spiro atoms. The highest BCUT2D eigenvalue weighted by Gasteiger charge is 2.12. The lowest BCUT2D eigenvalue weighted by Gasteiger charge is -2.01. The second-order valence-electron chi connectivity index (χ2n) is 4.78. The Labute approximate surface area is 132 Å². The molecule has 0 heterocycles. The van der Waals surface area contributed by atoms with Gasteiger partial charge in [0, 0.05) is 18.1 Å². The van der Waals surface area contributed by atoms with E-state index in [1.165, 1.54) is 24.4 Å². The number of aromatic hydroxyl groups is 1. The molecule has 1 amide bonds. The molecule has 0 radical (unpaired) electrons.